The van der Waals surface area contributed by atoms with Gasteiger partial charge in [0.15, 0.2) is 0 Å². The van der Waals surface area contributed by atoms with Crippen molar-refractivity contribution >= 4 is 27.7 Å². The summed E-state index contributed by atoms with van der Waals surface area (Å²) < 4.78 is 22.3. The van der Waals surface area contributed by atoms with Crippen LogP contribution in [0.3, 0.4) is 0 Å². The molecule has 0 saturated carbocycles. The summed E-state index contributed by atoms with van der Waals surface area (Å²) in [7, 11) is 2.25. The summed E-state index contributed by atoms with van der Waals surface area (Å²) in [6, 6.07) is 0. The number of nitrogen functional groups attached to an aromatic ring is 1. The maximum atomic E-state index is 11.1. The standard InChI is InChI=1S/C9H19N7O2S/c1-15(2)8-11-7(14-10)12-9(13-8)16(3)5-6-19(4,17)18/h5-6,10H2,1-4H3,(H,11,12,13,14). The fourth-order valence-corrected chi connectivity index (χ4v) is 1.80. The minimum absolute atomic E-state index is 0.0257. The van der Waals surface area contributed by atoms with Crippen LogP contribution in [0.5, 0.6) is 0 Å². The van der Waals surface area contributed by atoms with E-state index >= 15 is 0 Å². The zero-order chi connectivity index (χ0) is 14.6. The Labute approximate surface area is 112 Å². The predicted octanol–water partition coefficient (Wildman–Crippen LogP) is -1.30. The molecular formula is C9H19N7O2S. The first kappa shape index (κ1) is 15.4. The smallest absolute Gasteiger partial charge is 0.243 e. The molecular weight excluding hydrogens is 270 g/mol. The van der Waals surface area contributed by atoms with Gasteiger partial charge in [-0.05, 0) is 0 Å². The van der Waals surface area contributed by atoms with Crippen molar-refractivity contribution in [3.63, 3.8) is 0 Å². The highest BCUT2D eigenvalue weighted by Crippen LogP contribution is 2.13. The summed E-state index contributed by atoms with van der Waals surface area (Å²) in [5.41, 5.74) is 2.36. The summed E-state index contributed by atoms with van der Waals surface area (Å²) >= 11 is 0. The Morgan fingerprint density at radius 2 is 1.74 bits per heavy atom. The van der Waals surface area contributed by atoms with E-state index in [1.807, 2.05) is 0 Å². The third-order valence-electron chi connectivity index (χ3n) is 2.28. The van der Waals surface area contributed by atoms with E-state index < -0.39 is 9.84 Å². The third kappa shape index (κ3) is 4.83. The van der Waals surface area contributed by atoms with Gasteiger partial charge < -0.3 is 9.80 Å². The number of rotatable bonds is 6. The minimum Gasteiger partial charge on any atom is -0.347 e. The molecule has 19 heavy (non-hydrogen) atoms. The van der Waals surface area contributed by atoms with Gasteiger partial charge in [-0.25, -0.2) is 14.3 Å². The minimum atomic E-state index is -3.03. The fraction of sp³-hybridized carbons (Fsp3) is 0.667. The van der Waals surface area contributed by atoms with Gasteiger partial charge in [0.05, 0.1) is 5.75 Å². The number of sulfone groups is 1. The van der Waals surface area contributed by atoms with Crippen LogP contribution in [0.4, 0.5) is 17.8 Å². The molecule has 0 spiro atoms. The second-order valence-corrected chi connectivity index (χ2v) is 6.61. The molecule has 0 amide bonds. The number of nitrogens with zero attached hydrogens (tertiary/aromatic N) is 5. The van der Waals surface area contributed by atoms with Gasteiger partial charge in [0, 0.05) is 33.9 Å². The Morgan fingerprint density at radius 3 is 2.21 bits per heavy atom. The first-order valence-corrected chi connectivity index (χ1v) is 7.58. The van der Waals surface area contributed by atoms with Gasteiger partial charge in [-0.3, -0.25) is 5.43 Å². The summed E-state index contributed by atoms with van der Waals surface area (Å²) in [5, 5.41) is 0. The molecule has 1 rings (SSSR count). The van der Waals surface area contributed by atoms with Crippen LogP contribution in [-0.2, 0) is 9.84 Å². The normalized spacial score (nSPS) is 11.2. The van der Waals surface area contributed by atoms with Crippen molar-refractivity contribution in [1.29, 1.82) is 0 Å². The van der Waals surface area contributed by atoms with Crippen molar-refractivity contribution in [3.8, 4) is 0 Å². The van der Waals surface area contributed by atoms with Crippen LogP contribution >= 0.6 is 0 Å². The Balaban J connectivity index is 2.95. The average molecular weight is 289 g/mol. The number of hydrogen-bond acceptors (Lipinski definition) is 9. The van der Waals surface area contributed by atoms with E-state index in [1.165, 1.54) is 6.26 Å². The summed E-state index contributed by atoms with van der Waals surface area (Å²) in [6.45, 7) is 0.291. The molecule has 0 saturated heterocycles. The Hall–Kier alpha value is -1.68. The summed E-state index contributed by atoms with van der Waals surface area (Å²) in [6.07, 6.45) is 1.19. The molecule has 10 heteroatoms. The molecule has 0 atom stereocenters. The van der Waals surface area contributed by atoms with Crippen molar-refractivity contribution in [2.24, 2.45) is 5.84 Å². The van der Waals surface area contributed by atoms with Crippen molar-refractivity contribution in [1.82, 2.24) is 15.0 Å². The monoisotopic (exact) mass is 289 g/mol. The molecule has 9 nitrogen and oxygen atoms in total. The summed E-state index contributed by atoms with van der Waals surface area (Å²) in [5.74, 6) is 6.33. The molecule has 108 valence electrons. The van der Waals surface area contributed by atoms with Gasteiger partial charge >= 0.3 is 0 Å². The van der Waals surface area contributed by atoms with E-state index in [1.54, 1.807) is 30.9 Å². The first-order valence-electron chi connectivity index (χ1n) is 5.52. The molecule has 0 aromatic carbocycles. The largest absolute Gasteiger partial charge is 0.347 e. The molecule has 0 bridgehead atoms. The molecule has 0 aliphatic heterocycles. The van der Waals surface area contributed by atoms with E-state index in [-0.39, 0.29) is 11.7 Å². The average Bonchev–Trinajstić information content (AvgIpc) is 2.34. The number of hydrazine groups is 1. The Morgan fingerprint density at radius 1 is 1.16 bits per heavy atom. The summed E-state index contributed by atoms with van der Waals surface area (Å²) in [4.78, 5) is 15.7. The van der Waals surface area contributed by atoms with Gasteiger partial charge in [0.2, 0.25) is 17.8 Å². The molecule has 0 aliphatic rings. The number of nitrogens with one attached hydrogen (secondary N) is 1. The maximum Gasteiger partial charge on any atom is 0.243 e. The van der Waals surface area contributed by atoms with Crippen molar-refractivity contribution < 1.29 is 8.42 Å². The third-order valence-corrected chi connectivity index (χ3v) is 3.20. The van der Waals surface area contributed by atoms with E-state index in [9.17, 15) is 8.42 Å². The molecule has 0 radical (unpaired) electrons. The van der Waals surface area contributed by atoms with E-state index in [2.05, 4.69) is 20.4 Å². The molecule has 1 heterocycles. The molecule has 0 unspecified atom stereocenters. The molecule has 1 aromatic heterocycles. The lowest BCUT2D eigenvalue weighted by Crippen LogP contribution is -2.28. The second kappa shape index (κ2) is 5.97. The van der Waals surface area contributed by atoms with Gasteiger partial charge in [-0.2, -0.15) is 15.0 Å². The fourth-order valence-electron chi connectivity index (χ4n) is 1.19. The second-order valence-electron chi connectivity index (χ2n) is 4.35. The highest BCUT2D eigenvalue weighted by Gasteiger charge is 2.13. The number of anilines is 3. The Kier molecular flexibility index (Phi) is 4.84. The van der Waals surface area contributed by atoms with Crippen LogP contribution < -0.4 is 21.1 Å². The lowest BCUT2D eigenvalue weighted by molar-refractivity contribution is 0.601. The molecule has 3 N–H and O–H groups in total. The molecule has 0 aliphatic carbocycles. The van der Waals surface area contributed by atoms with Crippen LogP contribution in [0, 0.1) is 0 Å². The quantitative estimate of drug-likeness (QED) is 0.487. The van der Waals surface area contributed by atoms with Gasteiger partial charge in [0.1, 0.15) is 9.84 Å². The van der Waals surface area contributed by atoms with E-state index in [0.29, 0.717) is 18.4 Å². The van der Waals surface area contributed by atoms with Crippen LogP contribution in [0.25, 0.3) is 0 Å². The number of nitrogens with two attached hydrogens (primary N) is 1. The van der Waals surface area contributed by atoms with E-state index in [0.717, 1.165) is 0 Å². The lowest BCUT2D eigenvalue weighted by Gasteiger charge is -2.19. The lowest BCUT2D eigenvalue weighted by atomic mass is 10.6. The van der Waals surface area contributed by atoms with Gasteiger partial charge in [0.25, 0.3) is 0 Å². The highest BCUT2D eigenvalue weighted by atomic mass is 32.2. The first-order chi connectivity index (χ1) is 8.73. The predicted molar refractivity (Wildman–Crippen MR) is 74.9 cm³/mol. The zero-order valence-corrected chi connectivity index (χ0v) is 12.3. The zero-order valence-electron chi connectivity index (χ0n) is 11.5. The number of hydrogen-bond donors (Lipinski definition) is 2. The van der Waals surface area contributed by atoms with Crippen LogP contribution in [-0.4, -0.2) is 63.1 Å². The Bertz CT molecular complexity index is 531. The topological polar surface area (TPSA) is 117 Å². The number of aromatic nitrogens is 3. The van der Waals surface area contributed by atoms with Gasteiger partial charge in [-0.1, -0.05) is 0 Å². The highest BCUT2D eigenvalue weighted by molar-refractivity contribution is 7.90. The maximum absolute atomic E-state index is 11.1. The van der Waals surface area contributed by atoms with Crippen molar-refractivity contribution in [2.75, 3.05) is 54.9 Å². The molecule has 0 fully saturated rings. The van der Waals surface area contributed by atoms with Gasteiger partial charge in [-0.15, -0.1) is 0 Å². The van der Waals surface area contributed by atoms with Crippen LogP contribution in [0.1, 0.15) is 0 Å². The van der Waals surface area contributed by atoms with E-state index in [4.69, 9.17) is 5.84 Å². The SMILES string of the molecule is CN(C)c1nc(NN)nc(N(C)CCS(C)(=O)=O)n1. The van der Waals surface area contributed by atoms with Crippen LogP contribution in [0.15, 0.2) is 0 Å². The van der Waals surface area contributed by atoms with Crippen molar-refractivity contribution in [2.45, 2.75) is 0 Å². The molecule has 1 aromatic rings. The van der Waals surface area contributed by atoms with Crippen LogP contribution in [0.2, 0.25) is 0 Å². The van der Waals surface area contributed by atoms with Crippen molar-refractivity contribution in [3.05, 3.63) is 0 Å².